The molecule has 0 saturated heterocycles. The number of fused-ring (bicyclic) bond motifs is 1. The Kier molecular flexibility index (Phi) is 4.29. The summed E-state index contributed by atoms with van der Waals surface area (Å²) in [6, 6.07) is 5.39. The smallest absolute Gasteiger partial charge is 0.265 e. The highest BCUT2D eigenvalue weighted by molar-refractivity contribution is 7.92. The molecule has 1 aliphatic rings. The summed E-state index contributed by atoms with van der Waals surface area (Å²) in [6.45, 7) is 4.05. The Balaban J connectivity index is 1.96. The first-order valence-corrected chi connectivity index (χ1v) is 9.76. The summed E-state index contributed by atoms with van der Waals surface area (Å²) in [5, 5.41) is 2.04. The predicted molar refractivity (Wildman–Crippen MR) is 94.1 cm³/mol. The van der Waals surface area contributed by atoms with Gasteiger partial charge in [-0.05, 0) is 18.2 Å². The maximum absolute atomic E-state index is 12.0. The standard InChI is InChI=1S/C15H15N3O4S2/c1-3-6-18-12-7-10(4-5-13(12)22-8-14(18)19)11-9-23-15(16-11)17-24(2,20)21/h3-5,7,9H,1,6,8H2,2H3,(H,16,17). The Hall–Kier alpha value is -2.39. The van der Waals surface area contributed by atoms with Crippen LogP contribution in [-0.4, -0.2) is 38.7 Å². The molecule has 0 unspecified atom stereocenters. The monoisotopic (exact) mass is 365 g/mol. The van der Waals surface area contributed by atoms with Gasteiger partial charge in [0.2, 0.25) is 10.0 Å². The number of rotatable bonds is 5. The van der Waals surface area contributed by atoms with E-state index in [2.05, 4.69) is 16.3 Å². The fourth-order valence-electron chi connectivity index (χ4n) is 2.30. The Morgan fingerprint density at radius 3 is 3.00 bits per heavy atom. The molecule has 1 aromatic heterocycles. The van der Waals surface area contributed by atoms with E-state index in [0.29, 0.717) is 28.8 Å². The number of hydrogen-bond acceptors (Lipinski definition) is 6. The molecule has 1 aromatic carbocycles. The third-order valence-electron chi connectivity index (χ3n) is 3.29. The average Bonchev–Trinajstić information content (AvgIpc) is 2.96. The van der Waals surface area contributed by atoms with Gasteiger partial charge in [-0.15, -0.1) is 17.9 Å². The second-order valence-electron chi connectivity index (χ2n) is 5.18. The summed E-state index contributed by atoms with van der Waals surface area (Å²) < 4.78 is 30.3. The molecule has 126 valence electrons. The molecule has 7 nitrogen and oxygen atoms in total. The van der Waals surface area contributed by atoms with E-state index >= 15 is 0 Å². The van der Waals surface area contributed by atoms with E-state index in [-0.39, 0.29) is 12.5 Å². The van der Waals surface area contributed by atoms with Crippen LogP contribution in [0.2, 0.25) is 0 Å². The van der Waals surface area contributed by atoms with Crippen LogP contribution in [0.3, 0.4) is 0 Å². The highest BCUT2D eigenvalue weighted by atomic mass is 32.2. The van der Waals surface area contributed by atoms with Gasteiger partial charge in [0.25, 0.3) is 5.91 Å². The normalized spacial score (nSPS) is 14.0. The third kappa shape index (κ3) is 3.41. The van der Waals surface area contributed by atoms with Gasteiger partial charge in [0.15, 0.2) is 11.7 Å². The van der Waals surface area contributed by atoms with Crippen molar-refractivity contribution in [3.05, 3.63) is 36.2 Å². The molecule has 0 fully saturated rings. The van der Waals surface area contributed by atoms with E-state index < -0.39 is 10.0 Å². The number of nitrogens with one attached hydrogen (secondary N) is 1. The minimum atomic E-state index is -3.37. The van der Waals surface area contributed by atoms with Crippen molar-refractivity contribution in [2.45, 2.75) is 0 Å². The minimum absolute atomic E-state index is 0.000679. The Morgan fingerprint density at radius 2 is 2.29 bits per heavy atom. The molecule has 3 rings (SSSR count). The van der Waals surface area contributed by atoms with Crippen LogP contribution >= 0.6 is 11.3 Å². The van der Waals surface area contributed by atoms with Gasteiger partial charge < -0.3 is 9.64 Å². The lowest BCUT2D eigenvalue weighted by Crippen LogP contribution is -2.38. The van der Waals surface area contributed by atoms with E-state index in [4.69, 9.17) is 4.74 Å². The molecule has 9 heteroatoms. The summed E-state index contributed by atoms with van der Waals surface area (Å²) in [4.78, 5) is 17.9. The van der Waals surface area contributed by atoms with Crippen LogP contribution in [0.15, 0.2) is 36.2 Å². The van der Waals surface area contributed by atoms with Crippen LogP contribution in [0.5, 0.6) is 5.75 Å². The first-order valence-electron chi connectivity index (χ1n) is 6.99. The molecule has 24 heavy (non-hydrogen) atoms. The lowest BCUT2D eigenvalue weighted by molar-refractivity contribution is -0.121. The largest absolute Gasteiger partial charge is 0.482 e. The lowest BCUT2D eigenvalue weighted by Gasteiger charge is -2.28. The Labute approximate surface area is 143 Å². The molecular weight excluding hydrogens is 350 g/mol. The summed E-state index contributed by atoms with van der Waals surface area (Å²) in [5.41, 5.74) is 2.03. The third-order valence-corrected chi connectivity index (χ3v) is 4.74. The number of sulfonamides is 1. The van der Waals surface area contributed by atoms with Gasteiger partial charge in [0.05, 0.1) is 17.6 Å². The number of nitrogens with zero attached hydrogens (tertiary/aromatic N) is 2. The number of carbonyl (C=O) groups excluding carboxylic acids is 1. The maximum atomic E-state index is 12.0. The zero-order valence-electron chi connectivity index (χ0n) is 12.9. The molecule has 0 radical (unpaired) electrons. The van der Waals surface area contributed by atoms with Gasteiger partial charge in [-0.2, -0.15) is 0 Å². The Bertz CT molecular complexity index is 905. The van der Waals surface area contributed by atoms with Crippen molar-refractivity contribution in [2.24, 2.45) is 0 Å². The maximum Gasteiger partial charge on any atom is 0.265 e. The molecule has 0 atom stereocenters. The number of benzene rings is 1. The quantitative estimate of drug-likeness (QED) is 0.820. The van der Waals surface area contributed by atoms with Gasteiger partial charge in [-0.3, -0.25) is 9.52 Å². The van der Waals surface area contributed by atoms with Gasteiger partial charge in [-0.1, -0.05) is 6.08 Å². The van der Waals surface area contributed by atoms with Crippen LogP contribution < -0.4 is 14.4 Å². The topological polar surface area (TPSA) is 88.6 Å². The second kappa shape index (κ2) is 6.25. The molecule has 1 aliphatic heterocycles. The molecule has 0 saturated carbocycles. The zero-order chi connectivity index (χ0) is 17.3. The van der Waals surface area contributed by atoms with Gasteiger partial charge in [0.1, 0.15) is 5.75 Å². The van der Waals surface area contributed by atoms with Crippen LogP contribution in [0.25, 0.3) is 11.3 Å². The van der Waals surface area contributed by atoms with Gasteiger partial charge in [-0.25, -0.2) is 13.4 Å². The number of ether oxygens (including phenoxy) is 1. The fourth-order valence-corrected chi connectivity index (χ4v) is 3.88. The number of aromatic nitrogens is 1. The van der Waals surface area contributed by atoms with Gasteiger partial charge >= 0.3 is 0 Å². The molecule has 0 aliphatic carbocycles. The van der Waals surface area contributed by atoms with Crippen molar-refractivity contribution in [3.63, 3.8) is 0 Å². The van der Waals surface area contributed by atoms with Crippen molar-refractivity contribution < 1.29 is 17.9 Å². The van der Waals surface area contributed by atoms with E-state index in [1.807, 2.05) is 6.07 Å². The van der Waals surface area contributed by atoms with Crippen molar-refractivity contribution >= 4 is 38.1 Å². The van der Waals surface area contributed by atoms with Crippen LogP contribution in [0, 0.1) is 0 Å². The predicted octanol–water partition coefficient (Wildman–Crippen LogP) is 2.09. The van der Waals surface area contributed by atoms with E-state index in [1.165, 1.54) is 11.3 Å². The number of thiazole rings is 1. The van der Waals surface area contributed by atoms with Crippen LogP contribution in [-0.2, 0) is 14.8 Å². The highest BCUT2D eigenvalue weighted by Gasteiger charge is 2.25. The van der Waals surface area contributed by atoms with E-state index in [0.717, 1.165) is 11.8 Å². The first kappa shape index (κ1) is 16.5. The highest BCUT2D eigenvalue weighted by Crippen LogP contribution is 2.36. The zero-order valence-corrected chi connectivity index (χ0v) is 14.5. The van der Waals surface area contributed by atoms with Gasteiger partial charge in [0, 0.05) is 17.5 Å². The van der Waals surface area contributed by atoms with Crippen molar-refractivity contribution in [2.75, 3.05) is 29.0 Å². The molecule has 1 amide bonds. The van der Waals surface area contributed by atoms with E-state index in [9.17, 15) is 13.2 Å². The number of carbonyl (C=O) groups is 1. The molecule has 1 N–H and O–H groups in total. The molecule has 2 aromatic rings. The summed E-state index contributed by atoms with van der Waals surface area (Å²) in [6.07, 6.45) is 2.72. The number of hydrogen-bond donors (Lipinski definition) is 1. The lowest BCUT2D eigenvalue weighted by atomic mass is 10.1. The molecular formula is C15H15N3O4S2. The minimum Gasteiger partial charge on any atom is -0.482 e. The number of amides is 1. The van der Waals surface area contributed by atoms with Crippen LogP contribution in [0.4, 0.5) is 10.8 Å². The van der Waals surface area contributed by atoms with Crippen molar-refractivity contribution in [1.29, 1.82) is 0 Å². The molecule has 2 heterocycles. The van der Waals surface area contributed by atoms with Crippen molar-refractivity contribution in [1.82, 2.24) is 4.98 Å². The SMILES string of the molecule is C=CCN1C(=O)COc2ccc(-c3csc(NS(C)(=O)=O)n3)cc21. The average molecular weight is 365 g/mol. The van der Waals surface area contributed by atoms with Crippen molar-refractivity contribution in [3.8, 4) is 17.0 Å². The fraction of sp³-hybridized carbons (Fsp3) is 0.200. The first-order chi connectivity index (χ1) is 11.4. The Morgan fingerprint density at radius 1 is 1.50 bits per heavy atom. The summed E-state index contributed by atoms with van der Waals surface area (Å²) in [5.74, 6) is 0.474. The van der Waals surface area contributed by atoms with Crippen LogP contribution in [0.1, 0.15) is 0 Å². The molecule has 0 bridgehead atoms. The second-order valence-corrected chi connectivity index (χ2v) is 7.78. The summed E-state index contributed by atoms with van der Waals surface area (Å²) >= 11 is 1.19. The molecule has 0 spiro atoms. The number of anilines is 2. The van der Waals surface area contributed by atoms with E-state index in [1.54, 1.807) is 28.5 Å². The summed E-state index contributed by atoms with van der Waals surface area (Å²) in [7, 11) is -3.37.